The Morgan fingerprint density at radius 1 is 0.971 bits per heavy atom. The second-order valence-corrected chi connectivity index (χ2v) is 8.38. The number of aromatic nitrogens is 3. The first-order chi connectivity index (χ1) is 17.1. The fourth-order valence-electron chi connectivity index (χ4n) is 3.98. The van der Waals surface area contributed by atoms with Crippen molar-refractivity contribution >= 4 is 28.5 Å². The van der Waals surface area contributed by atoms with Crippen molar-refractivity contribution in [3.63, 3.8) is 0 Å². The number of fused-ring (bicyclic) bond motifs is 1. The van der Waals surface area contributed by atoms with Crippen LogP contribution in [0.2, 0.25) is 0 Å². The Bertz CT molecular complexity index is 1450. The SMILES string of the molecule is C[C@@H](Nc1ncnc2[nH]c(-c3ccc(NCc4ccc(C(=O)O)cc4)cc3)cc12)c1ccccc1. The van der Waals surface area contributed by atoms with Gasteiger partial charge in [-0.3, -0.25) is 0 Å². The van der Waals surface area contributed by atoms with Gasteiger partial charge in [0.05, 0.1) is 10.9 Å². The Kier molecular flexibility index (Phi) is 6.13. The van der Waals surface area contributed by atoms with Crippen LogP contribution in [0.1, 0.15) is 34.5 Å². The molecule has 2 heterocycles. The highest BCUT2D eigenvalue weighted by molar-refractivity contribution is 5.91. The molecule has 3 aromatic carbocycles. The van der Waals surface area contributed by atoms with E-state index in [1.807, 2.05) is 54.6 Å². The van der Waals surface area contributed by atoms with E-state index in [4.69, 9.17) is 5.11 Å². The first-order valence-corrected chi connectivity index (χ1v) is 11.4. The van der Waals surface area contributed by atoms with Crippen LogP contribution >= 0.6 is 0 Å². The summed E-state index contributed by atoms with van der Waals surface area (Å²) in [6.45, 7) is 2.72. The third kappa shape index (κ3) is 4.99. The van der Waals surface area contributed by atoms with Gasteiger partial charge in [-0.1, -0.05) is 54.6 Å². The summed E-state index contributed by atoms with van der Waals surface area (Å²) in [5.74, 6) is -0.127. The number of aromatic carboxylic acids is 1. The first kappa shape index (κ1) is 22.2. The van der Waals surface area contributed by atoms with Gasteiger partial charge in [0.1, 0.15) is 17.8 Å². The van der Waals surface area contributed by atoms with Crippen LogP contribution in [0.4, 0.5) is 11.5 Å². The van der Waals surface area contributed by atoms with Gasteiger partial charge in [-0.2, -0.15) is 0 Å². The third-order valence-electron chi connectivity index (χ3n) is 5.97. The molecule has 0 aliphatic heterocycles. The molecule has 0 amide bonds. The standard InChI is InChI=1S/C28H25N5O2/c1-18(20-5-3-2-4-6-20)32-26-24-15-25(33-27(24)31-17-30-26)21-11-13-23(14-12-21)29-16-19-7-9-22(10-8-19)28(34)35/h2-15,17-18,29H,16H2,1H3,(H,34,35)(H2,30,31,32,33)/t18-/m1/s1. The zero-order valence-corrected chi connectivity index (χ0v) is 19.2. The quantitative estimate of drug-likeness (QED) is 0.221. The predicted molar refractivity (Wildman–Crippen MR) is 139 cm³/mol. The lowest BCUT2D eigenvalue weighted by Crippen LogP contribution is -2.08. The van der Waals surface area contributed by atoms with Crippen molar-refractivity contribution in [2.45, 2.75) is 19.5 Å². The van der Waals surface area contributed by atoms with Crippen molar-refractivity contribution in [2.75, 3.05) is 10.6 Å². The van der Waals surface area contributed by atoms with Gasteiger partial charge in [0.25, 0.3) is 0 Å². The second kappa shape index (κ2) is 9.69. The minimum Gasteiger partial charge on any atom is -0.478 e. The number of nitrogens with zero attached hydrogens (tertiary/aromatic N) is 2. The number of anilines is 2. The molecule has 0 spiro atoms. The van der Waals surface area contributed by atoms with E-state index in [2.05, 4.69) is 50.7 Å². The zero-order valence-electron chi connectivity index (χ0n) is 19.2. The number of hydrogen-bond donors (Lipinski definition) is 4. The van der Waals surface area contributed by atoms with Crippen molar-refractivity contribution in [3.05, 3.63) is 108 Å². The van der Waals surface area contributed by atoms with E-state index in [1.54, 1.807) is 18.5 Å². The molecule has 0 aliphatic rings. The molecule has 0 saturated heterocycles. The van der Waals surface area contributed by atoms with Crippen molar-refractivity contribution in [1.82, 2.24) is 15.0 Å². The van der Waals surface area contributed by atoms with Crippen LogP contribution in [-0.2, 0) is 6.54 Å². The number of carboxylic acid groups (broad SMARTS) is 1. The van der Waals surface area contributed by atoms with E-state index in [0.717, 1.165) is 39.4 Å². The Hall–Kier alpha value is -4.65. The lowest BCUT2D eigenvalue weighted by Gasteiger charge is -2.15. The molecule has 7 heteroatoms. The molecule has 4 N–H and O–H groups in total. The van der Waals surface area contributed by atoms with Crippen molar-refractivity contribution in [3.8, 4) is 11.3 Å². The fraction of sp³-hybridized carbons (Fsp3) is 0.107. The Labute approximate surface area is 202 Å². The molecule has 0 aliphatic carbocycles. The predicted octanol–water partition coefficient (Wildman–Crippen LogP) is 6.11. The molecular weight excluding hydrogens is 438 g/mol. The first-order valence-electron chi connectivity index (χ1n) is 11.4. The average molecular weight is 464 g/mol. The molecule has 0 fully saturated rings. The highest BCUT2D eigenvalue weighted by Gasteiger charge is 2.12. The molecule has 0 radical (unpaired) electrons. The summed E-state index contributed by atoms with van der Waals surface area (Å²) >= 11 is 0. The number of aromatic amines is 1. The molecule has 5 aromatic rings. The number of carbonyl (C=O) groups is 1. The van der Waals surface area contributed by atoms with Crippen molar-refractivity contribution in [1.29, 1.82) is 0 Å². The van der Waals surface area contributed by atoms with Crippen LogP contribution in [-0.4, -0.2) is 26.0 Å². The maximum absolute atomic E-state index is 11.0. The van der Waals surface area contributed by atoms with Gasteiger partial charge in [-0.25, -0.2) is 14.8 Å². The summed E-state index contributed by atoms with van der Waals surface area (Å²) in [6, 6.07) is 27.5. The van der Waals surface area contributed by atoms with Crippen LogP contribution in [0.25, 0.3) is 22.3 Å². The monoisotopic (exact) mass is 463 g/mol. The highest BCUT2D eigenvalue weighted by Crippen LogP contribution is 2.29. The molecule has 174 valence electrons. The maximum atomic E-state index is 11.0. The number of rotatable bonds is 8. The Morgan fingerprint density at radius 2 is 1.71 bits per heavy atom. The molecule has 1 atom stereocenters. The lowest BCUT2D eigenvalue weighted by atomic mass is 10.1. The Morgan fingerprint density at radius 3 is 2.43 bits per heavy atom. The highest BCUT2D eigenvalue weighted by atomic mass is 16.4. The van der Waals surface area contributed by atoms with Crippen LogP contribution in [0.5, 0.6) is 0 Å². The number of nitrogens with one attached hydrogen (secondary N) is 3. The van der Waals surface area contributed by atoms with Gasteiger partial charge in [0.2, 0.25) is 0 Å². The minimum atomic E-state index is -0.920. The number of benzene rings is 3. The van der Waals surface area contributed by atoms with E-state index in [-0.39, 0.29) is 11.6 Å². The van der Waals surface area contributed by atoms with E-state index < -0.39 is 5.97 Å². The average Bonchev–Trinajstić information content (AvgIpc) is 3.34. The molecule has 7 nitrogen and oxygen atoms in total. The molecule has 0 saturated carbocycles. The van der Waals surface area contributed by atoms with Gasteiger partial charge in [0, 0.05) is 24.0 Å². The minimum absolute atomic E-state index is 0.110. The van der Waals surface area contributed by atoms with Gasteiger partial charge in [-0.15, -0.1) is 0 Å². The topological polar surface area (TPSA) is 103 Å². The van der Waals surface area contributed by atoms with E-state index in [1.165, 1.54) is 5.56 Å². The summed E-state index contributed by atoms with van der Waals surface area (Å²) in [7, 11) is 0. The number of H-pyrrole nitrogens is 1. The van der Waals surface area contributed by atoms with Crippen LogP contribution < -0.4 is 10.6 Å². The number of hydrogen-bond acceptors (Lipinski definition) is 5. The van der Waals surface area contributed by atoms with Gasteiger partial charge in [0.15, 0.2) is 0 Å². The number of carboxylic acids is 1. The molecule has 35 heavy (non-hydrogen) atoms. The Balaban J connectivity index is 1.29. The van der Waals surface area contributed by atoms with Gasteiger partial charge < -0.3 is 20.7 Å². The van der Waals surface area contributed by atoms with Crippen molar-refractivity contribution in [2.24, 2.45) is 0 Å². The van der Waals surface area contributed by atoms with E-state index >= 15 is 0 Å². The van der Waals surface area contributed by atoms with E-state index in [9.17, 15) is 4.79 Å². The summed E-state index contributed by atoms with van der Waals surface area (Å²) in [6.07, 6.45) is 1.57. The molecule has 0 bridgehead atoms. The molecular formula is C28H25N5O2. The molecule has 0 unspecified atom stereocenters. The summed E-state index contributed by atoms with van der Waals surface area (Å²) in [5, 5.41) is 16.8. The van der Waals surface area contributed by atoms with Crippen LogP contribution in [0, 0.1) is 0 Å². The van der Waals surface area contributed by atoms with Gasteiger partial charge >= 0.3 is 5.97 Å². The van der Waals surface area contributed by atoms with Crippen molar-refractivity contribution < 1.29 is 9.90 Å². The summed E-state index contributed by atoms with van der Waals surface area (Å²) in [4.78, 5) is 23.3. The third-order valence-corrected chi connectivity index (χ3v) is 5.97. The molecule has 5 rings (SSSR count). The fourth-order valence-corrected chi connectivity index (χ4v) is 3.98. The maximum Gasteiger partial charge on any atom is 0.335 e. The van der Waals surface area contributed by atoms with Gasteiger partial charge in [-0.05, 0) is 53.9 Å². The van der Waals surface area contributed by atoms with E-state index in [0.29, 0.717) is 6.54 Å². The normalized spacial score (nSPS) is 11.8. The largest absolute Gasteiger partial charge is 0.478 e. The second-order valence-electron chi connectivity index (χ2n) is 8.38. The zero-order chi connectivity index (χ0) is 24.2. The van der Waals surface area contributed by atoms with Crippen LogP contribution in [0.15, 0.2) is 91.3 Å². The summed E-state index contributed by atoms with van der Waals surface area (Å²) in [5.41, 5.74) is 6.26. The summed E-state index contributed by atoms with van der Waals surface area (Å²) < 4.78 is 0. The smallest absolute Gasteiger partial charge is 0.335 e. The lowest BCUT2D eigenvalue weighted by molar-refractivity contribution is 0.0697. The molecule has 2 aromatic heterocycles. The van der Waals surface area contributed by atoms with Crippen LogP contribution in [0.3, 0.4) is 0 Å².